The molecule has 1 unspecified atom stereocenters. The number of hydrogen-bond acceptors (Lipinski definition) is 3. The van der Waals surface area contributed by atoms with Crippen LogP contribution in [0.5, 0.6) is 0 Å². The van der Waals surface area contributed by atoms with Gasteiger partial charge in [0, 0.05) is 11.1 Å². The Morgan fingerprint density at radius 2 is 2.35 bits per heavy atom. The van der Waals surface area contributed by atoms with E-state index >= 15 is 0 Å². The average Bonchev–Trinajstić information content (AvgIpc) is 3.10. The third-order valence-electron chi connectivity index (χ3n) is 4.02. The van der Waals surface area contributed by atoms with Crippen LogP contribution in [0, 0.1) is 0 Å². The zero-order chi connectivity index (χ0) is 13.5. The summed E-state index contributed by atoms with van der Waals surface area (Å²) in [6.45, 7) is 0. The molecule has 0 aliphatic heterocycles. The zero-order valence-electron chi connectivity index (χ0n) is 10.9. The molecular formula is C15H14ClN3S. The fourth-order valence-electron chi connectivity index (χ4n) is 3.17. The van der Waals surface area contributed by atoms with E-state index in [0.29, 0.717) is 11.9 Å². The number of halogens is 1. The first-order chi connectivity index (χ1) is 9.88. The van der Waals surface area contributed by atoms with E-state index < -0.39 is 0 Å². The van der Waals surface area contributed by atoms with Crippen LogP contribution < -0.4 is 0 Å². The summed E-state index contributed by atoms with van der Waals surface area (Å²) in [4.78, 5) is 10.3. The van der Waals surface area contributed by atoms with E-state index in [4.69, 9.17) is 11.6 Å². The molecule has 0 spiro atoms. The molecule has 1 aliphatic rings. The standard InChI is InChI=1S/C15H14ClN3S/c16-8-15-18-11-9-17-6-4-13(11)19(15)12-2-1-3-14-10(12)5-7-20-14/h4-7,9,12H,1-3,8H2. The van der Waals surface area contributed by atoms with Gasteiger partial charge < -0.3 is 4.57 Å². The van der Waals surface area contributed by atoms with Gasteiger partial charge in [0.1, 0.15) is 11.3 Å². The molecule has 3 nitrogen and oxygen atoms in total. The third kappa shape index (κ3) is 1.79. The molecule has 20 heavy (non-hydrogen) atoms. The van der Waals surface area contributed by atoms with Crippen LogP contribution in [-0.2, 0) is 12.3 Å². The van der Waals surface area contributed by atoms with Crippen molar-refractivity contribution in [3.05, 3.63) is 46.2 Å². The number of pyridine rings is 1. The largest absolute Gasteiger partial charge is 0.319 e. The van der Waals surface area contributed by atoms with Gasteiger partial charge in [0.15, 0.2) is 0 Å². The highest BCUT2D eigenvalue weighted by atomic mass is 35.5. The quantitative estimate of drug-likeness (QED) is 0.666. The summed E-state index contributed by atoms with van der Waals surface area (Å²) in [6, 6.07) is 4.67. The van der Waals surface area contributed by atoms with Crippen LogP contribution in [0.1, 0.15) is 35.1 Å². The molecule has 5 heteroatoms. The van der Waals surface area contributed by atoms with E-state index in [1.807, 2.05) is 29.8 Å². The van der Waals surface area contributed by atoms with E-state index in [-0.39, 0.29) is 0 Å². The van der Waals surface area contributed by atoms with E-state index in [9.17, 15) is 0 Å². The summed E-state index contributed by atoms with van der Waals surface area (Å²) < 4.78 is 2.31. The molecule has 0 radical (unpaired) electrons. The van der Waals surface area contributed by atoms with Gasteiger partial charge in [0.2, 0.25) is 0 Å². The van der Waals surface area contributed by atoms with Crippen molar-refractivity contribution in [1.29, 1.82) is 0 Å². The van der Waals surface area contributed by atoms with E-state index in [2.05, 4.69) is 26.0 Å². The second-order valence-electron chi connectivity index (χ2n) is 5.10. The average molecular weight is 304 g/mol. The molecule has 3 aromatic heterocycles. The molecule has 0 amide bonds. The van der Waals surface area contributed by atoms with Crippen molar-refractivity contribution < 1.29 is 0 Å². The maximum absolute atomic E-state index is 6.12. The number of fused-ring (bicyclic) bond motifs is 2. The number of thiophene rings is 1. The highest BCUT2D eigenvalue weighted by Crippen LogP contribution is 2.38. The smallest absolute Gasteiger partial charge is 0.125 e. The van der Waals surface area contributed by atoms with Crippen LogP contribution >= 0.6 is 22.9 Å². The fourth-order valence-corrected chi connectivity index (χ4v) is 4.34. The lowest BCUT2D eigenvalue weighted by Gasteiger charge is -2.26. The summed E-state index contributed by atoms with van der Waals surface area (Å²) in [5.41, 5.74) is 3.52. The molecule has 0 saturated heterocycles. The molecule has 0 bridgehead atoms. The van der Waals surface area contributed by atoms with Gasteiger partial charge in [-0.2, -0.15) is 0 Å². The molecule has 1 aliphatic carbocycles. The molecule has 0 saturated carbocycles. The van der Waals surface area contributed by atoms with Gasteiger partial charge in [-0.25, -0.2) is 4.98 Å². The van der Waals surface area contributed by atoms with Crippen LogP contribution in [0.3, 0.4) is 0 Å². The van der Waals surface area contributed by atoms with Gasteiger partial charge >= 0.3 is 0 Å². The Morgan fingerprint density at radius 1 is 1.40 bits per heavy atom. The SMILES string of the molecule is ClCc1nc2cnccc2n1C1CCCc2sccc21. The normalized spacial score (nSPS) is 18.4. The Bertz CT molecular complexity index is 761. The van der Waals surface area contributed by atoms with Gasteiger partial charge in [0.25, 0.3) is 0 Å². The lowest BCUT2D eigenvalue weighted by atomic mass is 9.93. The Hall–Kier alpha value is -1.39. The second kappa shape index (κ2) is 4.86. The Balaban J connectivity index is 1.95. The summed E-state index contributed by atoms with van der Waals surface area (Å²) >= 11 is 7.99. The van der Waals surface area contributed by atoms with Crippen molar-refractivity contribution in [2.45, 2.75) is 31.2 Å². The van der Waals surface area contributed by atoms with Crippen molar-refractivity contribution in [1.82, 2.24) is 14.5 Å². The van der Waals surface area contributed by atoms with E-state index in [1.54, 1.807) is 0 Å². The lowest BCUT2D eigenvalue weighted by Crippen LogP contribution is -2.17. The van der Waals surface area contributed by atoms with Crippen molar-refractivity contribution in [3.63, 3.8) is 0 Å². The molecule has 102 valence electrons. The molecule has 4 rings (SSSR count). The zero-order valence-corrected chi connectivity index (χ0v) is 12.5. The number of rotatable bonds is 2. The minimum Gasteiger partial charge on any atom is -0.319 e. The monoisotopic (exact) mass is 303 g/mol. The maximum Gasteiger partial charge on any atom is 0.125 e. The fraction of sp³-hybridized carbons (Fsp3) is 0.333. The predicted molar refractivity (Wildman–Crippen MR) is 82.5 cm³/mol. The first-order valence-corrected chi connectivity index (χ1v) is 8.23. The van der Waals surface area contributed by atoms with Crippen LogP contribution in [-0.4, -0.2) is 14.5 Å². The molecule has 1 atom stereocenters. The molecule has 0 fully saturated rings. The third-order valence-corrected chi connectivity index (χ3v) is 5.25. The highest BCUT2D eigenvalue weighted by molar-refractivity contribution is 7.10. The van der Waals surface area contributed by atoms with Gasteiger partial charge in [-0.3, -0.25) is 4.98 Å². The highest BCUT2D eigenvalue weighted by Gasteiger charge is 2.26. The van der Waals surface area contributed by atoms with Gasteiger partial charge in [-0.1, -0.05) is 0 Å². The summed E-state index contributed by atoms with van der Waals surface area (Å²) in [6.07, 6.45) is 7.23. The number of aromatic nitrogens is 3. The van der Waals surface area contributed by atoms with Gasteiger partial charge in [-0.05, 0) is 42.3 Å². The van der Waals surface area contributed by atoms with Gasteiger partial charge in [-0.15, -0.1) is 22.9 Å². The summed E-state index contributed by atoms with van der Waals surface area (Å²) in [7, 11) is 0. The van der Waals surface area contributed by atoms with E-state index in [0.717, 1.165) is 23.3 Å². The second-order valence-corrected chi connectivity index (χ2v) is 6.37. The molecule has 0 N–H and O–H groups in total. The Kier molecular flexibility index (Phi) is 3.00. The van der Waals surface area contributed by atoms with Gasteiger partial charge in [0.05, 0.1) is 23.6 Å². The minimum atomic E-state index is 0.367. The first kappa shape index (κ1) is 12.4. The summed E-state index contributed by atoms with van der Waals surface area (Å²) in [5.74, 6) is 1.38. The predicted octanol–water partition coefficient (Wildman–Crippen LogP) is 4.16. The maximum atomic E-state index is 6.12. The van der Waals surface area contributed by atoms with Crippen molar-refractivity contribution in [3.8, 4) is 0 Å². The molecule has 0 aromatic carbocycles. The van der Waals surface area contributed by atoms with Crippen LogP contribution in [0.25, 0.3) is 11.0 Å². The number of aryl methyl sites for hydroxylation is 1. The summed E-state index contributed by atoms with van der Waals surface area (Å²) in [5, 5.41) is 2.20. The van der Waals surface area contributed by atoms with Crippen LogP contribution in [0.15, 0.2) is 29.9 Å². The molecular weight excluding hydrogens is 290 g/mol. The molecule has 3 aromatic rings. The molecule has 3 heterocycles. The first-order valence-electron chi connectivity index (χ1n) is 6.81. The number of nitrogens with zero attached hydrogens (tertiary/aromatic N) is 3. The van der Waals surface area contributed by atoms with Crippen molar-refractivity contribution >= 4 is 34.0 Å². The Labute approximate surface area is 126 Å². The van der Waals surface area contributed by atoms with Crippen molar-refractivity contribution in [2.24, 2.45) is 0 Å². The van der Waals surface area contributed by atoms with Crippen LogP contribution in [0.2, 0.25) is 0 Å². The Morgan fingerprint density at radius 3 is 3.25 bits per heavy atom. The number of hydrogen-bond donors (Lipinski definition) is 0. The lowest BCUT2D eigenvalue weighted by molar-refractivity contribution is 0.495. The van der Waals surface area contributed by atoms with Crippen molar-refractivity contribution in [2.75, 3.05) is 0 Å². The minimum absolute atomic E-state index is 0.367. The topological polar surface area (TPSA) is 30.7 Å². The van der Waals surface area contributed by atoms with E-state index in [1.165, 1.54) is 23.3 Å². The number of imidazole rings is 1. The van der Waals surface area contributed by atoms with Crippen LogP contribution in [0.4, 0.5) is 0 Å². The number of alkyl halides is 1.